The highest BCUT2D eigenvalue weighted by atomic mass is 16.4. The van der Waals surface area contributed by atoms with Gasteiger partial charge in [-0.05, 0) is 43.6 Å². The van der Waals surface area contributed by atoms with Gasteiger partial charge < -0.3 is 5.21 Å². The van der Waals surface area contributed by atoms with E-state index in [1.54, 1.807) is 0 Å². The van der Waals surface area contributed by atoms with Crippen LogP contribution in [0, 0.1) is 17.3 Å². The Hall–Kier alpha value is -1.31. The quantitative estimate of drug-likeness (QED) is 0.634. The third-order valence-corrected chi connectivity index (χ3v) is 5.21. The minimum Gasteiger partial charge on any atom is -0.411 e. The minimum atomic E-state index is 0.124. The maximum Gasteiger partial charge on any atom is 0.0669 e. The molecule has 1 N–H and O–H groups in total. The molecule has 1 aromatic carbocycles. The van der Waals surface area contributed by atoms with Crippen LogP contribution in [0.4, 0.5) is 0 Å². The van der Waals surface area contributed by atoms with Gasteiger partial charge >= 0.3 is 0 Å². The van der Waals surface area contributed by atoms with Gasteiger partial charge in [0.05, 0.1) is 5.71 Å². The first-order valence-corrected chi connectivity index (χ1v) is 7.06. The SMILES string of the molecule is CC[C@]1(Cc2ccccc2)/C(=N\O)[C@@H]2CC[C@H]1C2. The Morgan fingerprint density at radius 3 is 2.72 bits per heavy atom. The molecular weight excluding hydrogens is 222 g/mol. The lowest BCUT2D eigenvalue weighted by Crippen LogP contribution is -2.38. The first-order valence-electron chi connectivity index (χ1n) is 7.06. The van der Waals surface area contributed by atoms with E-state index in [1.165, 1.54) is 24.8 Å². The second-order valence-electron chi connectivity index (χ2n) is 5.86. The molecule has 2 nitrogen and oxygen atoms in total. The zero-order valence-electron chi connectivity index (χ0n) is 11.0. The van der Waals surface area contributed by atoms with Crippen LogP contribution in [0.2, 0.25) is 0 Å². The molecule has 2 fully saturated rings. The molecule has 3 rings (SSSR count). The van der Waals surface area contributed by atoms with Crippen LogP contribution in [0.5, 0.6) is 0 Å². The summed E-state index contributed by atoms with van der Waals surface area (Å²) in [7, 11) is 0. The second kappa shape index (κ2) is 4.42. The molecule has 2 heteroatoms. The van der Waals surface area contributed by atoms with Crippen molar-refractivity contribution in [3.05, 3.63) is 35.9 Å². The predicted molar refractivity (Wildman–Crippen MR) is 72.9 cm³/mol. The standard InChI is InChI=1S/C16H21NO/c1-2-16(11-12-6-4-3-5-7-12)14-9-8-13(10-14)15(16)17-18/h3-7,13-14,18H,2,8-11H2,1H3/b17-15-/t13-,14+,16-/m1/s1. The number of nitrogens with zero attached hydrogens (tertiary/aromatic N) is 1. The van der Waals surface area contributed by atoms with Crippen LogP contribution in [-0.4, -0.2) is 10.9 Å². The fraction of sp³-hybridized carbons (Fsp3) is 0.562. The first-order chi connectivity index (χ1) is 8.80. The summed E-state index contributed by atoms with van der Waals surface area (Å²) in [4.78, 5) is 0. The molecule has 0 unspecified atom stereocenters. The maximum absolute atomic E-state index is 9.42. The Morgan fingerprint density at radius 2 is 2.06 bits per heavy atom. The largest absolute Gasteiger partial charge is 0.411 e. The molecule has 2 aliphatic carbocycles. The fourth-order valence-corrected chi connectivity index (χ4v) is 4.32. The number of hydrogen-bond acceptors (Lipinski definition) is 2. The summed E-state index contributed by atoms with van der Waals surface area (Å²) >= 11 is 0. The maximum atomic E-state index is 9.42. The summed E-state index contributed by atoms with van der Waals surface area (Å²) in [6.45, 7) is 2.24. The lowest BCUT2D eigenvalue weighted by Gasteiger charge is -2.37. The summed E-state index contributed by atoms with van der Waals surface area (Å²) in [5, 5.41) is 13.1. The fourth-order valence-electron chi connectivity index (χ4n) is 4.32. The smallest absolute Gasteiger partial charge is 0.0669 e. The summed E-state index contributed by atoms with van der Waals surface area (Å²) < 4.78 is 0. The molecule has 3 atom stereocenters. The zero-order chi connectivity index (χ0) is 12.6. The number of hydrogen-bond donors (Lipinski definition) is 1. The minimum absolute atomic E-state index is 0.124. The molecule has 0 saturated heterocycles. The Bertz CT molecular complexity index is 453. The Morgan fingerprint density at radius 1 is 1.28 bits per heavy atom. The Labute approximate surface area is 109 Å². The van der Waals surface area contributed by atoms with E-state index in [0.717, 1.165) is 24.5 Å². The van der Waals surface area contributed by atoms with Crippen molar-refractivity contribution in [2.75, 3.05) is 0 Å². The van der Waals surface area contributed by atoms with Crippen molar-refractivity contribution in [1.29, 1.82) is 0 Å². The van der Waals surface area contributed by atoms with Gasteiger partial charge in [-0.1, -0.05) is 42.4 Å². The molecule has 0 radical (unpaired) electrons. The normalized spacial score (nSPS) is 36.4. The van der Waals surface area contributed by atoms with E-state index in [9.17, 15) is 5.21 Å². The monoisotopic (exact) mass is 243 g/mol. The van der Waals surface area contributed by atoms with Crippen molar-refractivity contribution in [3.63, 3.8) is 0 Å². The Kier molecular flexibility index (Phi) is 2.89. The molecule has 0 aromatic heterocycles. The van der Waals surface area contributed by atoms with Gasteiger partial charge in [0.1, 0.15) is 0 Å². The summed E-state index contributed by atoms with van der Waals surface area (Å²) in [5.74, 6) is 1.27. The molecule has 2 bridgehead atoms. The van der Waals surface area contributed by atoms with Gasteiger partial charge in [0.15, 0.2) is 0 Å². The lowest BCUT2D eigenvalue weighted by atomic mass is 9.66. The molecule has 96 valence electrons. The van der Waals surface area contributed by atoms with Crippen LogP contribution in [0.3, 0.4) is 0 Å². The third kappa shape index (κ3) is 1.58. The van der Waals surface area contributed by atoms with Crippen molar-refractivity contribution in [2.24, 2.45) is 22.4 Å². The average molecular weight is 243 g/mol. The molecule has 18 heavy (non-hydrogen) atoms. The van der Waals surface area contributed by atoms with Gasteiger partial charge in [0, 0.05) is 11.3 Å². The van der Waals surface area contributed by atoms with E-state index >= 15 is 0 Å². The summed E-state index contributed by atoms with van der Waals surface area (Å²) in [6, 6.07) is 10.6. The molecular formula is C16H21NO. The summed E-state index contributed by atoms with van der Waals surface area (Å²) in [5.41, 5.74) is 2.58. The van der Waals surface area contributed by atoms with Gasteiger partial charge in [0.25, 0.3) is 0 Å². The van der Waals surface area contributed by atoms with E-state index < -0.39 is 0 Å². The van der Waals surface area contributed by atoms with E-state index in [-0.39, 0.29) is 5.41 Å². The van der Waals surface area contributed by atoms with Gasteiger partial charge in [-0.3, -0.25) is 0 Å². The molecule has 0 aliphatic heterocycles. The third-order valence-electron chi connectivity index (χ3n) is 5.21. The molecule has 0 amide bonds. The van der Waals surface area contributed by atoms with Crippen LogP contribution >= 0.6 is 0 Å². The predicted octanol–water partition coefficient (Wildman–Crippen LogP) is 3.89. The van der Waals surface area contributed by atoms with E-state index in [0.29, 0.717) is 5.92 Å². The highest BCUT2D eigenvalue weighted by Gasteiger charge is 2.55. The van der Waals surface area contributed by atoms with Crippen LogP contribution in [0.25, 0.3) is 0 Å². The zero-order valence-corrected chi connectivity index (χ0v) is 11.0. The van der Waals surface area contributed by atoms with E-state index in [2.05, 4.69) is 42.4 Å². The molecule has 2 aliphatic rings. The second-order valence-corrected chi connectivity index (χ2v) is 5.86. The highest BCUT2D eigenvalue weighted by Crippen LogP contribution is 2.57. The summed E-state index contributed by atoms with van der Waals surface area (Å²) in [6.07, 6.45) is 5.89. The first kappa shape index (κ1) is 11.8. The number of benzene rings is 1. The van der Waals surface area contributed by atoms with E-state index in [1.807, 2.05) is 0 Å². The average Bonchev–Trinajstić information content (AvgIpc) is 2.99. The van der Waals surface area contributed by atoms with E-state index in [4.69, 9.17) is 0 Å². The number of fused-ring (bicyclic) bond motifs is 2. The topological polar surface area (TPSA) is 32.6 Å². The van der Waals surface area contributed by atoms with Gasteiger partial charge in [-0.15, -0.1) is 0 Å². The van der Waals surface area contributed by atoms with Gasteiger partial charge in [-0.2, -0.15) is 0 Å². The van der Waals surface area contributed by atoms with Gasteiger partial charge in [0.2, 0.25) is 0 Å². The molecule has 2 saturated carbocycles. The molecule has 0 spiro atoms. The van der Waals surface area contributed by atoms with Crippen LogP contribution in [0.1, 0.15) is 38.2 Å². The van der Waals surface area contributed by atoms with Crippen molar-refractivity contribution >= 4 is 5.71 Å². The Balaban J connectivity index is 1.95. The highest BCUT2D eigenvalue weighted by molar-refractivity contribution is 5.95. The number of oxime groups is 1. The molecule has 1 aromatic rings. The lowest BCUT2D eigenvalue weighted by molar-refractivity contribution is 0.242. The van der Waals surface area contributed by atoms with Crippen LogP contribution in [0.15, 0.2) is 35.5 Å². The molecule has 0 heterocycles. The van der Waals surface area contributed by atoms with Crippen LogP contribution < -0.4 is 0 Å². The van der Waals surface area contributed by atoms with Crippen molar-refractivity contribution in [1.82, 2.24) is 0 Å². The van der Waals surface area contributed by atoms with Gasteiger partial charge in [-0.25, -0.2) is 0 Å². The van der Waals surface area contributed by atoms with Crippen molar-refractivity contribution in [3.8, 4) is 0 Å². The van der Waals surface area contributed by atoms with Crippen molar-refractivity contribution in [2.45, 2.75) is 39.0 Å². The van der Waals surface area contributed by atoms with Crippen LogP contribution in [-0.2, 0) is 6.42 Å². The number of rotatable bonds is 3. The van der Waals surface area contributed by atoms with Crippen molar-refractivity contribution < 1.29 is 5.21 Å².